The van der Waals surface area contributed by atoms with Crippen LogP contribution in [-0.2, 0) is 0 Å². The van der Waals surface area contributed by atoms with E-state index in [-0.39, 0.29) is 12.4 Å². The lowest BCUT2D eigenvalue weighted by molar-refractivity contribution is 0.459. The number of thiazole rings is 1. The van der Waals surface area contributed by atoms with E-state index in [1.807, 2.05) is 6.20 Å². The molecule has 0 aliphatic carbocycles. The fraction of sp³-hybridized carbons (Fsp3) is 0.625. The number of piperidine rings is 1. The molecule has 1 aromatic heterocycles. The quantitative estimate of drug-likeness (QED) is 0.758. The summed E-state index contributed by atoms with van der Waals surface area (Å²) < 4.78 is 0. The Kier molecular flexibility index (Phi) is 3.98. The van der Waals surface area contributed by atoms with Crippen molar-refractivity contribution in [1.29, 1.82) is 0 Å². The van der Waals surface area contributed by atoms with Crippen LogP contribution in [0.2, 0.25) is 0 Å². The van der Waals surface area contributed by atoms with Crippen LogP contribution in [0.15, 0.2) is 11.6 Å². The average Bonchev–Trinajstić information content (AvgIpc) is 2.58. The summed E-state index contributed by atoms with van der Waals surface area (Å²) in [5.74, 6) is 0.733. The molecule has 0 saturated carbocycles. The van der Waals surface area contributed by atoms with Gasteiger partial charge < -0.3 is 5.32 Å². The van der Waals surface area contributed by atoms with Gasteiger partial charge in [-0.1, -0.05) is 0 Å². The maximum Gasteiger partial charge on any atom is 0.0956 e. The molecular weight excluding hydrogens is 192 g/mol. The van der Waals surface area contributed by atoms with Crippen LogP contribution in [0.4, 0.5) is 0 Å². The summed E-state index contributed by atoms with van der Waals surface area (Å²) in [5, 5.41) is 6.75. The Balaban J connectivity index is 0.000000720. The number of hydrogen-bond donors (Lipinski definition) is 1. The third kappa shape index (κ3) is 2.19. The van der Waals surface area contributed by atoms with Crippen molar-refractivity contribution < 1.29 is 0 Å². The van der Waals surface area contributed by atoms with E-state index in [0.29, 0.717) is 0 Å². The average molecular weight is 205 g/mol. The largest absolute Gasteiger partial charge is 0.317 e. The summed E-state index contributed by atoms with van der Waals surface area (Å²) in [4.78, 5) is 4.33. The molecule has 2 rings (SSSR count). The first-order chi connectivity index (χ1) is 5.47. The van der Waals surface area contributed by atoms with E-state index >= 15 is 0 Å². The van der Waals surface area contributed by atoms with Gasteiger partial charge in [0.05, 0.1) is 5.01 Å². The maximum atomic E-state index is 4.33. The van der Waals surface area contributed by atoms with E-state index in [1.165, 1.54) is 17.8 Å². The second-order valence-electron chi connectivity index (χ2n) is 2.89. The normalized spacial score (nSPS) is 18.7. The summed E-state index contributed by atoms with van der Waals surface area (Å²) in [6.07, 6.45) is 4.42. The van der Waals surface area contributed by atoms with Crippen molar-refractivity contribution >= 4 is 23.7 Å². The molecule has 2 nitrogen and oxygen atoms in total. The van der Waals surface area contributed by atoms with Gasteiger partial charge in [0, 0.05) is 17.5 Å². The van der Waals surface area contributed by atoms with Crippen LogP contribution in [0, 0.1) is 0 Å². The fourth-order valence-corrected chi connectivity index (χ4v) is 2.32. The van der Waals surface area contributed by atoms with Gasteiger partial charge in [-0.25, -0.2) is 4.98 Å². The Morgan fingerprint density at radius 2 is 2.17 bits per heavy atom. The van der Waals surface area contributed by atoms with Crippen molar-refractivity contribution in [2.75, 3.05) is 13.1 Å². The topological polar surface area (TPSA) is 24.9 Å². The first-order valence-corrected chi connectivity index (χ1v) is 4.95. The lowest BCUT2D eigenvalue weighted by atomic mass is 9.99. The van der Waals surface area contributed by atoms with Crippen LogP contribution in [0.25, 0.3) is 0 Å². The Morgan fingerprint density at radius 3 is 2.75 bits per heavy atom. The zero-order chi connectivity index (χ0) is 7.52. The minimum Gasteiger partial charge on any atom is -0.317 e. The molecule has 0 unspecified atom stereocenters. The molecule has 0 atom stereocenters. The molecule has 1 fully saturated rings. The fourth-order valence-electron chi connectivity index (χ4n) is 1.50. The van der Waals surface area contributed by atoms with Gasteiger partial charge in [-0.15, -0.1) is 23.7 Å². The van der Waals surface area contributed by atoms with Gasteiger partial charge in [0.2, 0.25) is 0 Å². The van der Waals surface area contributed by atoms with Crippen LogP contribution in [0.1, 0.15) is 23.8 Å². The monoisotopic (exact) mass is 204 g/mol. The second-order valence-corrected chi connectivity index (χ2v) is 3.82. The van der Waals surface area contributed by atoms with Crippen molar-refractivity contribution in [3.63, 3.8) is 0 Å². The smallest absolute Gasteiger partial charge is 0.0956 e. The minimum absolute atomic E-state index is 0. The molecule has 2 heterocycles. The summed E-state index contributed by atoms with van der Waals surface area (Å²) in [7, 11) is 0. The summed E-state index contributed by atoms with van der Waals surface area (Å²) in [6.45, 7) is 2.31. The molecule has 0 radical (unpaired) electrons. The van der Waals surface area contributed by atoms with Crippen LogP contribution < -0.4 is 5.32 Å². The van der Waals surface area contributed by atoms with Crippen molar-refractivity contribution in [2.24, 2.45) is 0 Å². The van der Waals surface area contributed by atoms with E-state index in [9.17, 15) is 0 Å². The SMILES string of the molecule is Cl.c1csc(C2CCNCC2)n1. The third-order valence-electron chi connectivity index (χ3n) is 2.14. The van der Waals surface area contributed by atoms with E-state index in [2.05, 4.69) is 15.7 Å². The molecule has 0 amide bonds. The van der Waals surface area contributed by atoms with Gasteiger partial charge in [0.1, 0.15) is 0 Å². The molecule has 1 aliphatic rings. The van der Waals surface area contributed by atoms with Gasteiger partial charge in [-0.3, -0.25) is 0 Å². The second kappa shape index (κ2) is 4.80. The molecule has 0 aromatic carbocycles. The number of nitrogens with zero attached hydrogens (tertiary/aromatic N) is 1. The number of nitrogens with one attached hydrogen (secondary N) is 1. The van der Waals surface area contributed by atoms with Crippen molar-refractivity contribution in [2.45, 2.75) is 18.8 Å². The van der Waals surface area contributed by atoms with E-state index in [0.717, 1.165) is 19.0 Å². The van der Waals surface area contributed by atoms with Crippen LogP contribution in [0.5, 0.6) is 0 Å². The standard InChI is InChI=1S/C8H12N2S.ClH/c1-3-9-4-2-7(1)8-10-5-6-11-8;/h5-7,9H,1-4H2;1H. The Labute approximate surface area is 82.8 Å². The molecule has 1 aliphatic heterocycles. The summed E-state index contributed by atoms with van der Waals surface area (Å²) in [5.41, 5.74) is 0. The van der Waals surface area contributed by atoms with Gasteiger partial charge in [-0.05, 0) is 25.9 Å². The maximum absolute atomic E-state index is 4.33. The van der Waals surface area contributed by atoms with Gasteiger partial charge >= 0.3 is 0 Å². The van der Waals surface area contributed by atoms with Gasteiger partial charge in [0.15, 0.2) is 0 Å². The van der Waals surface area contributed by atoms with Crippen LogP contribution in [0.3, 0.4) is 0 Å². The van der Waals surface area contributed by atoms with Crippen molar-refractivity contribution in [3.05, 3.63) is 16.6 Å². The Morgan fingerprint density at radius 1 is 1.42 bits per heavy atom. The molecule has 0 bridgehead atoms. The van der Waals surface area contributed by atoms with Crippen LogP contribution in [-0.4, -0.2) is 18.1 Å². The highest BCUT2D eigenvalue weighted by Gasteiger charge is 2.16. The van der Waals surface area contributed by atoms with Gasteiger partial charge in [0.25, 0.3) is 0 Å². The van der Waals surface area contributed by atoms with Crippen LogP contribution >= 0.6 is 23.7 Å². The summed E-state index contributed by atoms with van der Waals surface area (Å²) >= 11 is 1.79. The molecule has 1 N–H and O–H groups in total. The lowest BCUT2D eigenvalue weighted by Gasteiger charge is -2.20. The predicted molar refractivity (Wildman–Crippen MR) is 54.2 cm³/mol. The van der Waals surface area contributed by atoms with E-state index < -0.39 is 0 Å². The van der Waals surface area contributed by atoms with E-state index in [4.69, 9.17) is 0 Å². The molecule has 0 spiro atoms. The highest BCUT2D eigenvalue weighted by molar-refractivity contribution is 7.09. The predicted octanol–water partition coefficient (Wildman–Crippen LogP) is 2.03. The highest BCUT2D eigenvalue weighted by Crippen LogP contribution is 2.26. The first kappa shape index (κ1) is 9.96. The number of aromatic nitrogens is 1. The van der Waals surface area contributed by atoms with Gasteiger partial charge in [-0.2, -0.15) is 0 Å². The molecule has 1 aromatic rings. The molecular formula is C8H13ClN2S. The molecule has 4 heteroatoms. The Hall–Kier alpha value is -0.120. The zero-order valence-corrected chi connectivity index (χ0v) is 8.46. The third-order valence-corrected chi connectivity index (χ3v) is 3.08. The number of rotatable bonds is 1. The Bertz CT molecular complexity index is 207. The van der Waals surface area contributed by atoms with Crippen molar-refractivity contribution in [3.8, 4) is 0 Å². The first-order valence-electron chi connectivity index (χ1n) is 4.07. The zero-order valence-electron chi connectivity index (χ0n) is 6.82. The highest BCUT2D eigenvalue weighted by atomic mass is 35.5. The summed E-state index contributed by atoms with van der Waals surface area (Å²) in [6, 6.07) is 0. The van der Waals surface area contributed by atoms with E-state index in [1.54, 1.807) is 11.3 Å². The molecule has 12 heavy (non-hydrogen) atoms. The van der Waals surface area contributed by atoms with Crippen molar-refractivity contribution in [1.82, 2.24) is 10.3 Å². The lowest BCUT2D eigenvalue weighted by Crippen LogP contribution is -2.26. The minimum atomic E-state index is 0. The number of hydrogen-bond acceptors (Lipinski definition) is 3. The number of halogens is 1. The molecule has 68 valence electrons. The molecule has 1 saturated heterocycles.